The van der Waals surface area contributed by atoms with Crippen molar-refractivity contribution in [2.75, 3.05) is 23.5 Å². The van der Waals surface area contributed by atoms with Crippen molar-refractivity contribution in [2.45, 2.75) is 45.4 Å². The van der Waals surface area contributed by atoms with E-state index in [1.807, 2.05) is 6.20 Å². The van der Waals surface area contributed by atoms with Gasteiger partial charge in [-0.25, -0.2) is 4.98 Å². The molecule has 5 nitrogen and oxygen atoms in total. The number of fused-ring (bicyclic) bond motifs is 5. The molecule has 246 valence electrons. The maximum absolute atomic E-state index is 5.14. The first-order valence-electron chi connectivity index (χ1n) is 17.5. The molecule has 4 heterocycles. The number of hydrogen-bond acceptors (Lipinski definition) is 4. The topological polar surface area (TPSA) is 36.7 Å². The van der Waals surface area contributed by atoms with E-state index >= 15 is 0 Å². The zero-order chi connectivity index (χ0) is 34.4. The molecule has 5 heteroatoms. The normalized spacial score (nSPS) is 14.6. The Morgan fingerprint density at radius 2 is 1.36 bits per heavy atom. The van der Waals surface area contributed by atoms with Crippen LogP contribution in [0.1, 0.15) is 60.0 Å². The third kappa shape index (κ3) is 4.32. The third-order valence-electron chi connectivity index (χ3n) is 11.0. The third-order valence-corrected chi connectivity index (χ3v) is 11.0. The number of imidazole rings is 1. The lowest BCUT2D eigenvalue weighted by molar-refractivity contribution is 0.589. The van der Waals surface area contributed by atoms with Crippen molar-refractivity contribution in [3.8, 4) is 22.4 Å². The number of hydrogen-bond donors (Lipinski definition) is 0. The smallest absolute Gasteiger partial charge is 0.146 e. The van der Waals surface area contributed by atoms with Crippen molar-refractivity contribution in [3.05, 3.63) is 167 Å². The molecule has 1 aliphatic heterocycles. The zero-order valence-corrected chi connectivity index (χ0v) is 29.6. The number of benzene rings is 4. The Morgan fingerprint density at radius 3 is 2.08 bits per heavy atom. The Kier molecular flexibility index (Phi) is 6.63. The lowest BCUT2D eigenvalue weighted by atomic mass is 9.67. The van der Waals surface area contributed by atoms with Crippen LogP contribution in [0.4, 0.5) is 17.1 Å². The molecule has 0 spiro atoms. The van der Waals surface area contributed by atoms with E-state index in [-0.39, 0.29) is 5.41 Å². The summed E-state index contributed by atoms with van der Waals surface area (Å²) in [6.07, 6.45) is 4.29. The summed E-state index contributed by atoms with van der Waals surface area (Å²) in [7, 11) is 2.17. The molecule has 9 rings (SSSR count). The second-order valence-corrected chi connectivity index (χ2v) is 14.9. The van der Waals surface area contributed by atoms with Gasteiger partial charge in [-0.15, -0.1) is 0 Å². The quantitative estimate of drug-likeness (QED) is 0.190. The van der Waals surface area contributed by atoms with Gasteiger partial charge in [0.1, 0.15) is 5.65 Å². The Bertz CT molecular complexity index is 2420. The number of nitrogens with zero attached hydrogens (tertiary/aromatic N) is 5. The molecule has 4 aromatic carbocycles. The van der Waals surface area contributed by atoms with Crippen molar-refractivity contribution in [2.24, 2.45) is 0 Å². The van der Waals surface area contributed by atoms with Crippen LogP contribution >= 0.6 is 0 Å². The van der Waals surface area contributed by atoms with E-state index in [4.69, 9.17) is 9.97 Å². The molecule has 3 aromatic heterocycles. The van der Waals surface area contributed by atoms with E-state index in [9.17, 15) is 0 Å². The fourth-order valence-electron chi connectivity index (χ4n) is 8.34. The van der Waals surface area contributed by atoms with Gasteiger partial charge in [0.05, 0.1) is 34.8 Å². The highest BCUT2D eigenvalue weighted by atomic mass is 15.4. The van der Waals surface area contributed by atoms with Crippen LogP contribution in [0, 0.1) is 13.8 Å². The van der Waals surface area contributed by atoms with E-state index in [0.29, 0.717) is 0 Å². The van der Waals surface area contributed by atoms with Gasteiger partial charge in [0.15, 0.2) is 0 Å². The molecular formula is C45H41N5. The van der Waals surface area contributed by atoms with Gasteiger partial charge in [0, 0.05) is 36.4 Å². The molecule has 50 heavy (non-hydrogen) atoms. The van der Waals surface area contributed by atoms with Gasteiger partial charge < -0.3 is 14.2 Å². The van der Waals surface area contributed by atoms with Gasteiger partial charge in [0.2, 0.25) is 0 Å². The molecule has 0 saturated heterocycles. The van der Waals surface area contributed by atoms with E-state index in [0.717, 1.165) is 35.0 Å². The summed E-state index contributed by atoms with van der Waals surface area (Å²) in [6, 6.07) is 42.6. The molecule has 7 aromatic rings. The molecule has 0 amide bonds. The first-order valence-corrected chi connectivity index (χ1v) is 17.5. The van der Waals surface area contributed by atoms with E-state index < -0.39 is 5.41 Å². The van der Waals surface area contributed by atoms with Gasteiger partial charge in [-0.3, -0.25) is 4.98 Å². The van der Waals surface area contributed by atoms with Crippen molar-refractivity contribution in [1.29, 1.82) is 0 Å². The monoisotopic (exact) mass is 651 g/mol. The second-order valence-electron chi connectivity index (χ2n) is 14.9. The van der Waals surface area contributed by atoms with Gasteiger partial charge in [-0.1, -0.05) is 93.6 Å². The summed E-state index contributed by atoms with van der Waals surface area (Å²) in [5.74, 6) is 0. The minimum atomic E-state index is -0.594. The lowest BCUT2D eigenvalue weighted by Crippen LogP contribution is -2.30. The van der Waals surface area contributed by atoms with Crippen molar-refractivity contribution < 1.29 is 0 Å². The molecule has 0 saturated carbocycles. The fourth-order valence-corrected chi connectivity index (χ4v) is 8.34. The molecular weight excluding hydrogens is 611 g/mol. The first kappa shape index (κ1) is 30.4. The van der Waals surface area contributed by atoms with E-state index in [2.05, 4.69) is 177 Å². The Balaban J connectivity index is 1.37. The molecule has 0 fully saturated rings. The van der Waals surface area contributed by atoms with Crippen LogP contribution in [-0.2, 0) is 10.8 Å². The SMILES string of the molecule is Cc1nc2c(-c3cc(C(C)(C)C)ccn3)cc(C3(c4cccc(N5CN(C)c6ccccc65)c4)c4ccccc4-c4ccccc43)cn2c1C. The largest absolute Gasteiger partial charge is 0.355 e. The van der Waals surface area contributed by atoms with Crippen LogP contribution in [-0.4, -0.2) is 28.1 Å². The number of anilines is 3. The second kappa shape index (κ2) is 10.9. The minimum Gasteiger partial charge on any atom is -0.355 e. The van der Waals surface area contributed by atoms with Gasteiger partial charge in [-0.05, 0) is 101 Å². The van der Waals surface area contributed by atoms with Crippen LogP contribution in [0.5, 0.6) is 0 Å². The molecule has 0 radical (unpaired) electrons. The highest BCUT2D eigenvalue weighted by Crippen LogP contribution is 2.57. The van der Waals surface area contributed by atoms with E-state index in [1.54, 1.807) is 0 Å². The van der Waals surface area contributed by atoms with Crippen molar-refractivity contribution >= 4 is 22.7 Å². The summed E-state index contributed by atoms with van der Waals surface area (Å²) in [4.78, 5) is 14.9. The van der Waals surface area contributed by atoms with Gasteiger partial charge in [0.25, 0.3) is 0 Å². The first-order chi connectivity index (χ1) is 24.2. The lowest BCUT2D eigenvalue weighted by Gasteiger charge is -2.35. The predicted octanol–water partition coefficient (Wildman–Crippen LogP) is 10.2. The van der Waals surface area contributed by atoms with Crippen molar-refractivity contribution in [3.63, 3.8) is 0 Å². The number of rotatable bonds is 4. The molecule has 0 N–H and O–H groups in total. The maximum Gasteiger partial charge on any atom is 0.146 e. The summed E-state index contributed by atoms with van der Waals surface area (Å²) in [6.45, 7) is 11.8. The van der Waals surface area contributed by atoms with Gasteiger partial charge in [-0.2, -0.15) is 0 Å². The van der Waals surface area contributed by atoms with E-state index in [1.165, 1.54) is 56.0 Å². The van der Waals surface area contributed by atoms with Crippen LogP contribution < -0.4 is 9.80 Å². The summed E-state index contributed by atoms with van der Waals surface area (Å²) < 4.78 is 2.30. The molecule has 2 aliphatic rings. The Hall–Kier alpha value is -5.68. The van der Waals surface area contributed by atoms with Crippen LogP contribution in [0.3, 0.4) is 0 Å². The summed E-state index contributed by atoms with van der Waals surface area (Å²) >= 11 is 0. The molecule has 0 atom stereocenters. The Labute approximate surface area is 294 Å². The molecule has 0 bridgehead atoms. The molecule has 0 unspecified atom stereocenters. The predicted molar refractivity (Wildman–Crippen MR) is 206 cm³/mol. The average molecular weight is 652 g/mol. The zero-order valence-electron chi connectivity index (χ0n) is 29.6. The molecule has 1 aliphatic carbocycles. The highest BCUT2D eigenvalue weighted by Gasteiger charge is 2.47. The number of aromatic nitrogens is 3. The highest BCUT2D eigenvalue weighted by molar-refractivity contribution is 5.89. The summed E-state index contributed by atoms with van der Waals surface area (Å²) in [5.41, 5.74) is 16.9. The van der Waals surface area contributed by atoms with Crippen LogP contribution in [0.25, 0.3) is 28.0 Å². The maximum atomic E-state index is 5.14. The van der Waals surface area contributed by atoms with Crippen molar-refractivity contribution in [1.82, 2.24) is 14.4 Å². The Morgan fingerprint density at radius 1 is 0.680 bits per heavy atom. The summed E-state index contributed by atoms with van der Waals surface area (Å²) in [5, 5.41) is 0. The number of pyridine rings is 2. The fraction of sp³-hybridized carbons (Fsp3) is 0.200. The average Bonchev–Trinajstić information content (AvgIpc) is 3.74. The van der Waals surface area contributed by atoms with Crippen LogP contribution in [0.2, 0.25) is 0 Å². The van der Waals surface area contributed by atoms with Gasteiger partial charge >= 0.3 is 0 Å². The number of para-hydroxylation sites is 2. The number of aryl methyl sites for hydroxylation is 2. The standard InChI is InChI=1S/C45H41N5/c1-29-30(2)49-27-33(25-37(43(49)47-29)40-26-31(22-23-46-40)44(3,4)5)45(38-18-9-7-16-35(38)36-17-8-10-19-39(36)45)32-14-13-15-34(24-32)50-28-48(6)41-20-11-12-21-42(41)50/h7-27H,28H2,1-6H3. The minimum absolute atomic E-state index is 0.0138. The van der Waals surface area contributed by atoms with Crippen LogP contribution in [0.15, 0.2) is 128 Å².